The fourth-order valence-corrected chi connectivity index (χ4v) is 3.90. The van der Waals surface area contributed by atoms with Gasteiger partial charge in [-0.3, -0.25) is 0 Å². The summed E-state index contributed by atoms with van der Waals surface area (Å²) in [6.07, 6.45) is 5.13. The van der Waals surface area contributed by atoms with Crippen LogP contribution >= 0.6 is 0 Å². The van der Waals surface area contributed by atoms with Gasteiger partial charge in [-0.1, -0.05) is 0 Å². The fraction of sp³-hybridized carbons (Fsp3) is 1.00. The molecule has 0 saturated carbocycles. The van der Waals surface area contributed by atoms with E-state index in [1.165, 1.54) is 12.8 Å². The summed E-state index contributed by atoms with van der Waals surface area (Å²) in [4.78, 5) is 2.31. The Morgan fingerprint density at radius 3 is 2.65 bits per heavy atom. The Kier molecular flexibility index (Phi) is 5.46. The first-order chi connectivity index (χ1) is 9.41. The molecule has 2 fully saturated rings. The van der Waals surface area contributed by atoms with E-state index in [1.807, 2.05) is 0 Å². The van der Waals surface area contributed by atoms with Gasteiger partial charge in [0.15, 0.2) is 0 Å². The maximum Gasteiger partial charge on any atom is 0.0700 e. The van der Waals surface area contributed by atoms with Gasteiger partial charge in [-0.25, -0.2) is 0 Å². The topological polar surface area (TPSA) is 33.7 Å². The lowest BCUT2D eigenvalue weighted by Gasteiger charge is -2.46. The van der Waals surface area contributed by atoms with Crippen molar-refractivity contribution < 1.29 is 9.47 Å². The van der Waals surface area contributed by atoms with E-state index in [4.69, 9.17) is 9.47 Å². The molecule has 0 aromatic carbocycles. The molecule has 4 nitrogen and oxygen atoms in total. The zero-order chi connectivity index (χ0) is 14.6. The minimum atomic E-state index is -0.000200. The van der Waals surface area contributed by atoms with Crippen molar-refractivity contribution in [3.8, 4) is 0 Å². The SMILES string of the molecule is CN(C)C[C@@]1(CNC[C@@H]2CCCO2)CCOC(C)(C)C1. The standard InChI is InChI=1S/C16H32N2O2/c1-15(2)11-16(7-9-20-15,13-18(3)4)12-17-10-14-6-5-8-19-14/h14,17H,5-13H2,1-4H3/t14-,16-/m0/s1. The Balaban J connectivity index is 1.88. The van der Waals surface area contributed by atoms with Crippen LogP contribution in [0.1, 0.15) is 39.5 Å². The van der Waals surface area contributed by atoms with Gasteiger partial charge >= 0.3 is 0 Å². The van der Waals surface area contributed by atoms with Crippen molar-refractivity contribution in [1.29, 1.82) is 0 Å². The number of nitrogens with one attached hydrogen (secondary N) is 1. The quantitative estimate of drug-likeness (QED) is 0.807. The van der Waals surface area contributed by atoms with E-state index >= 15 is 0 Å². The van der Waals surface area contributed by atoms with E-state index in [1.54, 1.807) is 0 Å². The van der Waals surface area contributed by atoms with Gasteiger partial charge in [-0.2, -0.15) is 0 Å². The lowest BCUT2D eigenvalue weighted by Crippen LogP contribution is -2.51. The zero-order valence-electron chi connectivity index (χ0n) is 13.7. The molecule has 118 valence electrons. The van der Waals surface area contributed by atoms with Gasteiger partial charge in [-0.05, 0) is 53.6 Å². The minimum absolute atomic E-state index is 0.000200. The largest absolute Gasteiger partial charge is 0.377 e. The summed E-state index contributed by atoms with van der Waals surface area (Å²) < 4.78 is 11.6. The average molecular weight is 284 g/mol. The Bertz CT molecular complexity index is 301. The predicted octanol–water partition coefficient (Wildman–Crippen LogP) is 1.89. The van der Waals surface area contributed by atoms with E-state index < -0.39 is 0 Å². The lowest BCUT2D eigenvalue weighted by atomic mass is 9.73. The fourth-order valence-electron chi connectivity index (χ4n) is 3.90. The first-order valence-electron chi connectivity index (χ1n) is 8.02. The first-order valence-corrected chi connectivity index (χ1v) is 8.02. The van der Waals surface area contributed by atoms with Gasteiger partial charge in [0.05, 0.1) is 11.7 Å². The van der Waals surface area contributed by atoms with Gasteiger partial charge < -0.3 is 19.7 Å². The Morgan fingerprint density at radius 1 is 1.25 bits per heavy atom. The molecule has 2 saturated heterocycles. The highest BCUT2D eigenvalue weighted by atomic mass is 16.5. The van der Waals surface area contributed by atoms with Crippen LogP contribution in [0.4, 0.5) is 0 Å². The smallest absolute Gasteiger partial charge is 0.0700 e. The van der Waals surface area contributed by atoms with Crippen molar-refractivity contribution in [2.45, 2.75) is 51.2 Å². The second kappa shape index (κ2) is 6.73. The highest BCUT2D eigenvalue weighted by molar-refractivity contribution is 4.93. The number of ether oxygens (including phenoxy) is 2. The third-order valence-corrected chi connectivity index (χ3v) is 4.47. The summed E-state index contributed by atoms with van der Waals surface area (Å²) in [5.74, 6) is 0. The van der Waals surface area contributed by atoms with Crippen molar-refractivity contribution in [2.24, 2.45) is 5.41 Å². The maximum absolute atomic E-state index is 5.91. The van der Waals surface area contributed by atoms with Gasteiger partial charge in [-0.15, -0.1) is 0 Å². The Hall–Kier alpha value is -0.160. The number of hydrogen-bond acceptors (Lipinski definition) is 4. The Labute approximate surface area is 124 Å². The molecule has 0 aromatic heterocycles. The summed E-state index contributed by atoms with van der Waals surface area (Å²) >= 11 is 0. The molecule has 0 unspecified atom stereocenters. The van der Waals surface area contributed by atoms with Crippen molar-refractivity contribution >= 4 is 0 Å². The van der Waals surface area contributed by atoms with Crippen LogP contribution < -0.4 is 5.32 Å². The molecular weight excluding hydrogens is 252 g/mol. The van der Waals surface area contributed by atoms with E-state index in [9.17, 15) is 0 Å². The highest BCUT2D eigenvalue weighted by Gasteiger charge is 2.41. The third kappa shape index (κ3) is 4.69. The van der Waals surface area contributed by atoms with E-state index in [0.717, 1.165) is 45.7 Å². The average Bonchev–Trinajstić information content (AvgIpc) is 2.79. The maximum atomic E-state index is 5.91. The monoisotopic (exact) mass is 284 g/mol. The van der Waals surface area contributed by atoms with Crippen LogP contribution in [0.15, 0.2) is 0 Å². The van der Waals surface area contributed by atoms with Crippen molar-refractivity contribution in [3.63, 3.8) is 0 Å². The first kappa shape index (κ1) is 16.2. The molecule has 0 aromatic rings. The third-order valence-electron chi connectivity index (χ3n) is 4.47. The van der Waals surface area contributed by atoms with E-state index in [-0.39, 0.29) is 5.60 Å². The molecule has 2 aliphatic heterocycles. The van der Waals surface area contributed by atoms with Crippen LogP contribution in [-0.4, -0.2) is 63.5 Å². The van der Waals surface area contributed by atoms with Crippen LogP contribution in [0.25, 0.3) is 0 Å². The molecule has 0 radical (unpaired) electrons. The molecule has 20 heavy (non-hydrogen) atoms. The van der Waals surface area contributed by atoms with Gasteiger partial charge in [0, 0.05) is 38.3 Å². The summed E-state index contributed by atoms with van der Waals surface area (Å²) in [6.45, 7) is 9.44. The summed E-state index contributed by atoms with van der Waals surface area (Å²) in [6, 6.07) is 0. The summed E-state index contributed by atoms with van der Waals surface area (Å²) in [5, 5.41) is 3.67. The van der Waals surface area contributed by atoms with Crippen LogP contribution in [0.3, 0.4) is 0 Å². The molecular formula is C16H32N2O2. The van der Waals surface area contributed by atoms with E-state index in [0.29, 0.717) is 11.5 Å². The van der Waals surface area contributed by atoms with E-state index in [2.05, 4.69) is 38.2 Å². The number of nitrogens with zero attached hydrogens (tertiary/aromatic N) is 1. The van der Waals surface area contributed by atoms with Crippen LogP contribution in [0.2, 0.25) is 0 Å². The number of hydrogen-bond donors (Lipinski definition) is 1. The van der Waals surface area contributed by atoms with Gasteiger partial charge in [0.1, 0.15) is 0 Å². The lowest BCUT2D eigenvalue weighted by molar-refractivity contribution is -0.109. The predicted molar refractivity (Wildman–Crippen MR) is 82.1 cm³/mol. The molecule has 1 N–H and O–H groups in total. The minimum Gasteiger partial charge on any atom is -0.377 e. The molecule has 2 atom stereocenters. The summed E-state index contributed by atoms with van der Waals surface area (Å²) in [5.41, 5.74) is 0.323. The van der Waals surface area contributed by atoms with Crippen LogP contribution in [-0.2, 0) is 9.47 Å². The second-order valence-corrected chi connectivity index (χ2v) is 7.54. The molecule has 4 heteroatoms. The zero-order valence-corrected chi connectivity index (χ0v) is 13.7. The van der Waals surface area contributed by atoms with Crippen molar-refractivity contribution in [1.82, 2.24) is 10.2 Å². The molecule has 0 spiro atoms. The molecule has 2 rings (SSSR count). The Morgan fingerprint density at radius 2 is 2.05 bits per heavy atom. The van der Waals surface area contributed by atoms with Crippen molar-refractivity contribution in [3.05, 3.63) is 0 Å². The van der Waals surface area contributed by atoms with Gasteiger partial charge in [0.25, 0.3) is 0 Å². The normalized spacial score (nSPS) is 33.8. The van der Waals surface area contributed by atoms with Gasteiger partial charge in [0.2, 0.25) is 0 Å². The number of rotatable bonds is 6. The molecule has 2 aliphatic rings. The molecule has 2 heterocycles. The highest BCUT2D eigenvalue weighted by Crippen LogP contribution is 2.38. The summed E-state index contributed by atoms with van der Waals surface area (Å²) in [7, 11) is 4.34. The molecule has 0 aliphatic carbocycles. The molecule has 0 bridgehead atoms. The van der Waals surface area contributed by atoms with Crippen LogP contribution in [0.5, 0.6) is 0 Å². The molecule has 0 amide bonds. The van der Waals surface area contributed by atoms with Crippen molar-refractivity contribution in [2.75, 3.05) is 46.9 Å². The second-order valence-electron chi connectivity index (χ2n) is 7.54. The van der Waals surface area contributed by atoms with Crippen LogP contribution in [0, 0.1) is 5.41 Å².